The van der Waals surface area contributed by atoms with Crippen molar-refractivity contribution in [1.29, 1.82) is 0 Å². The molecule has 2 aromatic rings. The summed E-state index contributed by atoms with van der Waals surface area (Å²) in [7, 11) is 0. The number of ether oxygens (including phenoxy) is 1. The molecule has 2 aliphatic heterocycles. The Morgan fingerprint density at radius 2 is 1.91 bits per heavy atom. The molecule has 0 aliphatic carbocycles. The maximum atomic E-state index is 12.6. The number of hydrogen-bond donors (Lipinski definition) is 1. The number of fused-ring (bicyclic) bond motifs is 1. The van der Waals surface area contributed by atoms with Crippen LogP contribution in [-0.2, 0) is 4.79 Å². The smallest absolute Gasteiger partial charge is 0.264 e. The van der Waals surface area contributed by atoms with Crippen LogP contribution in [0.2, 0.25) is 0 Å². The topological polar surface area (TPSA) is 53.9 Å². The first kappa shape index (κ1) is 23.2. The molecule has 1 saturated heterocycles. The first-order chi connectivity index (χ1) is 15.8. The van der Waals surface area contributed by atoms with E-state index in [1.54, 1.807) is 0 Å². The summed E-state index contributed by atoms with van der Waals surface area (Å²) in [5, 5.41) is 3.46. The normalized spacial score (nSPS) is 19.5. The molecule has 2 heterocycles. The molecule has 172 valence electrons. The van der Waals surface area contributed by atoms with Crippen molar-refractivity contribution in [2.45, 2.75) is 46.6 Å². The Labute approximate surface area is 200 Å². The molecule has 0 atom stereocenters. The van der Waals surface area contributed by atoms with Crippen LogP contribution in [0.15, 0.2) is 58.4 Å². The molecule has 0 aromatic heterocycles. The van der Waals surface area contributed by atoms with Crippen LogP contribution in [0.4, 0.5) is 11.4 Å². The molecule has 0 saturated carbocycles. The van der Waals surface area contributed by atoms with Crippen LogP contribution in [0.1, 0.15) is 52.2 Å². The second-order valence-corrected chi connectivity index (χ2v) is 9.85. The van der Waals surface area contributed by atoms with E-state index >= 15 is 0 Å². The molecule has 0 radical (unpaired) electrons. The first-order valence-corrected chi connectivity index (χ1v) is 12.3. The lowest BCUT2D eigenvalue weighted by Crippen LogP contribution is -2.45. The molecular weight excluding hydrogens is 430 g/mol. The summed E-state index contributed by atoms with van der Waals surface area (Å²) in [6, 6.07) is 14.0. The van der Waals surface area contributed by atoms with E-state index < -0.39 is 0 Å². The predicted octanol–water partition coefficient (Wildman–Crippen LogP) is 6.39. The summed E-state index contributed by atoms with van der Waals surface area (Å²) in [6.45, 7) is 12.5. The van der Waals surface area contributed by atoms with Gasteiger partial charge in [0.2, 0.25) is 0 Å². The number of carbonyl (C=O) groups excluding carboxylic acids is 1. The van der Waals surface area contributed by atoms with Crippen molar-refractivity contribution in [2.24, 2.45) is 4.99 Å². The number of thioether (sulfide) groups is 1. The van der Waals surface area contributed by atoms with Gasteiger partial charge in [-0.15, -0.1) is 0 Å². The largest absolute Gasteiger partial charge is 0.494 e. The molecule has 1 N–H and O–H groups in total. The number of benzene rings is 2. The minimum absolute atomic E-state index is 0.0134. The number of anilines is 1. The van der Waals surface area contributed by atoms with Crippen molar-refractivity contribution in [3.8, 4) is 5.75 Å². The van der Waals surface area contributed by atoms with Crippen LogP contribution in [0.3, 0.4) is 0 Å². The molecule has 2 aliphatic rings. The lowest BCUT2D eigenvalue weighted by atomic mass is 9.88. The standard InChI is InChI=1S/C27H31N3O2S/c1-6-14-30-23-13-8-19(15-22(23)18(3)17-27(30,4)5)16-24-25(31)29-26(33-24)28-20-9-11-21(12-10-20)32-7-2/h8-13,15-17H,6-7,14H2,1-5H3,(H,28,29,31)/b24-16+. The fraction of sp³-hybridized carbons (Fsp3) is 0.333. The summed E-state index contributed by atoms with van der Waals surface area (Å²) in [6.07, 6.45) is 5.37. The number of nitrogens with zero attached hydrogens (tertiary/aromatic N) is 2. The SMILES string of the molecule is CCCN1c2ccc(/C=C3/SC(=Nc4ccc(OCC)cc4)NC3=O)cc2C(C)=CC1(C)C. The van der Waals surface area contributed by atoms with Crippen LogP contribution >= 0.6 is 11.8 Å². The molecule has 5 nitrogen and oxygen atoms in total. The van der Waals surface area contributed by atoms with Gasteiger partial charge in [-0.25, -0.2) is 4.99 Å². The highest BCUT2D eigenvalue weighted by Crippen LogP contribution is 2.40. The van der Waals surface area contributed by atoms with E-state index in [1.807, 2.05) is 37.3 Å². The van der Waals surface area contributed by atoms with Gasteiger partial charge in [0.15, 0.2) is 5.17 Å². The molecule has 0 unspecified atom stereocenters. The molecular formula is C27H31N3O2S. The van der Waals surface area contributed by atoms with Gasteiger partial charge < -0.3 is 15.0 Å². The van der Waals surface area contributed by atoms with Gasteiger partial charge >= 0.3 is 0 Å². The van der Waals surface area contributed by atoms with Crippen LogP contribution in [0.25, 0.3) is 11.6 Å². The monoisotopic (exact) mass is 461 g/mol. The Kier molecular flexibility index (Phi) is 6.66. The van der Waals surface area contributed by atoms with Crippen LogP contribution < -0.4 is 15.0 Å². The second-order valence-electron chi connectivity index (χ2n) is 8.82. The number of aliphatic imine (C=N–C) groups is 1. The number of hydrogen-bond acceptors (Lipinski definition) is 5. The summed E-state index contributed by atoms with van der Waals surface area (Å²) >= 11 is 1.36. The van der Waals surface area contributed by atoms with Gasteiger partial charge in [0.25, 0.3) is 5.91 Å². The van der Waals surface area contributed by atoms with Crippen molar-refractivity contribution >= 4 is 45.9 Å². The van der Waals surface area contributed by atoms with E-state index in [9.17, 15) is 4.79 Å². The van der Waals surface area contributed by atoms with Gasteiger partial charge in [0.05, 0.1) is 22.7 Å². The van der Waals surface area contributed by atoms with Gasteiger partial charge in [-0.2, -0.15) is 0 Å². The van der Waals surface area contributed by atoms with E-state index in [4.69, 9.17) is 4.74 Å². The maximum Gasteiger partial charge on any atom is 0.264 e. The second kappa shape index (κ2) is 9.48. The number of carbonyl (C=O) groups is 1. The van der Waals surface area contributed by atoms with Crippen molar-refractivity contribution in [3.05, 3.63) is 64.6 Å². The maximum absolute atomic E-state index is 12.6. The third-order valence-electron chi connectivity index (χ3n) is 5.78. The molecule has 33 heavy (non-hydrogen) atoms. The van der Waals surface area contributed by atoms with Crippen LogP contribution in [0, 0.1) is 0 Å². The van der Waals surface area contributed by atoms with Crippen molar-refractivity contribution in [2.75, 3.05) is 18.1 Å². The Morgan fingerprint density at radius 3 is 2.61 bits per heavy atom. The van der Waals surface area contributed by atoms with E-state index in [0.717, 1.165) is 30.0 Å². The quantitative estimate of drug-likeness (QED) is 0.507. The highest BCUT2D eigenvalue weighted by molar-refractivity contribution is 8.18. The third-order valence-corrected chi connectivity index (χ3v) is 6.69. The van der Waals surface area contributed by atoms with E-state index in [2.05, 4.69) is 67.2 Å². The summed E-state index contributed by atoms with van der Waals surface area (Å²) in [4.78, 5) is 20.2. The highest BCUT2D eigenvalue weighted by atomic mass is 32.2. The zero-order valence-corrected chi connectivity index (χ0v) is 20.8. The van der Waals surface area contributed by atoms with Crippen molar-refractivity contribution < 1.29 is 9.53 Å². The van der Waals surface area contributed by atoms with Gasteiger partial charge in [0.1, 0.15) is 5.75 Å². The predicted molar refractivity (Wildman–Crippen MR) is 140 cm³/mol. The molecule has 2 aromatic carbocycles. The van der Waals surface area contributed by atoms with E-state index in [1.165, 1.54) is 28.6 Å². The number of amides is 1. The van der Waals surface area contributed by atoms with Gasteiger partial charge in [-0.3, -0.25) is 4.79 Å². The summed E-state index contributed by atoms with van der Waals surface area (Å²) in [5.74, 6) is 0.686. The minimum Gasteiger partial charge on any atom is -0.494 e. The molecule has 1 amide bonds. The van der Waals surface area contributed by atoms with Gasteiger partial charge in [0, 0.05) is 17.8 Å². The summed E-state index contributed by atoms with van der Waals surface area (Å²) < 4.78 is 5.47. The van der Waals surface area contributed by atoms with Crippen molar-refractivity contribution in [3.63, 3.8) is 0 Å². The van der Waals surface area contributed by atoms with Crippen LogP contribution in [-0.4, -0.2) is 29.8 Å². The van der Waals surface area contributed by atoms with Gasteiger partial charge in [-0.05, 0) is 99.5 Å². The number of allylic oxidation sites excluding steroid dienone is 1. The Balaban J connectivity index is 1.57. The lowest BCUT2D eigenvalue weighted by Gasteiger charge is -2.43. The number of amidine groups is 1. The minimum atomic E-state index is -0.122. The lowest BCUT2D eigenvalue weighted by molar-refractivity contribution is -0.115. The fourth-order valence-electron chi connectivity index (χ4n) is 4.36. The van der Waals surface area contributed by atoms with Crippen molar-refractivity contribution in [1.82, 2.24) is 5.32 Å². The zero-order chi connectivity index (χ0) is 23.6. The Morgan fingerprint density at radius 1 is 1.15 bits per heavy atom. The molecule has 0 bridgehead atoms. The third kappa shape index (κ3) is 5.01. The van der Waals surface area contributed by atoms with Gasteiger partial charge in [-0.1, -0.05) is 19.1 Å². The molecule has 1 fully saturated rings. The fourth-order valence-corrected chi connectivity index (χ4v) is 5.20. The summed E-state index contributed by atoms with van der Waals surface area (Å²) in [5.41, 5.74) is 5.52. The zero-order valence-electron chi connectivity index (χ0n) is 19.9. The molecule has 6 heteroatoms. The molecule has 4 rings (SSSR count). The number of rotatable bonds is 6. The molecule has 0 spiro atoms. The first-order valence-electron chi connectivity index (χ1n) is 11.4. The Hall–Kier alpha value is -2.99. The Bertz CT molecular complexity index is 1150. The highest BCUT2D eigenvalue weighted by Gasteiger charge is 2.31. The van der Waals surface area contributed by atoms with E-state index in [0.29, 0.717) is 16.7 Å². The average Bonchev–Trinajstić information content (AvgIpc) is 3.11. The average molecular weight is 462 g/mol. The van der Waals surface area contributed by atoms with Crippen LogP contribution in [0.5, 0.6) is 5.75 Å². The number of nitrogens with one attached hydrogen (secondary N) is 1. The van der Waals surface area contributed by atoms with E-state index in [-0.39, 0.29) is 11.4 Å².